The lowest BCUT2D eigenvalue weighted by Gasteiger charge is -2.32. The van der Waals surface area contributed by atoms with Crippen molar-refractivity contribution in [1.29, 1.82) is 0 Å². The van der Waals surface area contributed by atoms with Crippen LogP contribution in [-0.4, -0.2) is 27.5 Å². The van der Waals surface area contributed by atoms with Gasteiger partial charge in [0.2, 0.25) is 0 Å². The van der Waals surface area contributed by atoms with Crippen LogP contribution in [0, 0.1) is 17.6 Å². The van der Waals surface area contributed by atoms with Crippen molar-refractivity contribution < 1.29 is 8.78 Å². The number of halogens is 2. The van der Waals surface area contributed by atoms with E-state index in [0.717, 1.165) is 38.0 Å². The number of likely N-dealkylation sites (tertiary alicyclic amines) is 1. The van der Waals surface area contributed by atoms with E-state index in [2.05, 4.69) is 9.88 Å². The topological polar surface area (TPSA) is 38.1 Å². The molecular formula is C21H21F2N3O. The highest BCUT2D eigenvalue weighted by molar-refractivity contribution is 5.77. The van der Waals surface area contributed by atoms with E-state index in [4.69, 9.17) is 0 Å². The first-order chi connectivity index (χ1) is 13.1. The van der Waals surface area contributed by atoms with Crippen molar-refractivity contribution in [2.24, 2.45) is 5.92 Å². The molecule has 0 radical (unpaired) electrons. The van der Waals surface area contributed by atoms with Gasteiger partial charge in [-0.1, -0.05) is 12.1 Å². The molecular weight excluding hydrogens is 348 g/mol. The van der Waals surface area contributed by atoms with Gasteiger partial charge in [0.05, 0.1) is 17.2 Å². The average molecular weight is 369 g/mol. The van der Waals surface area contributed by atoms with E-state index in [1.165, 1.54) is 36.7 Å². The monoisotopic (exact) mass is 369 g/mol. The van der Waals surface area contributed by atoms with E-state index < -0.39 is 0 Å². The number of benzene rings is 2. The zero-order valence-electron chi connectivity index (χ0n) is 14.9. The molecule has 0 aliphatic carbocycles. The summed E-state index contributed by atoms with van der Waals surface area (Å²) in [7, 11) is 0. The fourth-order valence-corrected chi connectivity index (χ4v) is 3.71. The first kappa shape index (κ1) is 17.8. The van der Waals surface area contributed by atoms with Gasteiger partial charge in [-0.05, 0) is 61.7 Å². The largest absolute Gasteiger partial charge is 0.299 e. The highest BCUT2D eigenvalue weighted by atomic mass is 19.1. The van der Waals surface area contributed by atoms with Crippen LogP contribution < -0.4 is 5.56 Å². The molecule has 1 aromatic heterocycles. The third-order valence-electron chi connectivity index (χ3n) is 5.27. The fraction of sp³-hybridized carbons (Fsp3) is 0.333. The summed E-state index contributed by atoms with van der Waals surface area (Å²) in [5, 5.41) is 0.452. The summed E-state index contributed by atoms with van der Waals surface area (Å²) >= 11 is 0. The van der Waals surface area contributed by atoms with Crippen LogP contribution >= 0.6 is 0 Å². The highest BCUT2D eigenvalue weighted by Gasteiger charge is 2.20. The molecule has 27 heavy (non-hydrogen) atoms. The van der Waals surface area contributed by atoms with E-state index in [1.807, 2.05) is 12.1 Å². The lowest BCUT2D eigenvalue weighted by Crippen LogP contribution is -2.36. The van der Waals surface area contributed by atoms with Crippen molar-refractivity contribution in [2.45, 2.75) is 25.9 Å². The van der Waals surface area contributed by atoms with Crippen molar-refractivity contribution in [2.75, 3.05) is 13.1 Å². The zero-order valence-corrected chi connectivity index (χ0v) is 14.9. The van der Waals surface area contributed by atoms with Crippen LogP contribution in [0.1, 0.15) is 18.4 Å². The molecule has 0 bridgehead atoms. The Balaban J connectivity index is 1.38. The van der Waals surface area contributed by atoms with Crippen molar-refractivity contribution in [3.05, 3.63) is 76.3 Å². The van der Waals surface area contributed by atoms with Gasteiger partial charge in [-0.25, -0.2) is 13.8 Å². The number of aromatic nitrogens is 2. The lowest BCUT2D eigenvalue weighted by molar-refractivity contribution is 0.166. The molecule has 2 aromatic carbocycles. The van der Waals surface area contributed by atoms with E-state index in [-0.39, 0.29) is 17.2 Å². The van der Waals surface area contributed by atoms with Gasteiger partial charge in [0.1, 0.15) is 11.6 Å². The third kappa shape index (κ3) is 4.06. The minimum Gasteiger partial charge on any atom is -0.299 e. The van der Waals surface area contributed by atoms with Crippen LogP contribution in [0.4, 0.5) is 8.78 Å². The quantitative estimate of drug-likeness (QED) is 0.705. The molecule has 140 valence electrons. The second-order valence-corrected chi connectivity index (χ2v) is 7.21. The Bertz CT molecular complexity index is 992. The fourth-order valence-electron chi connectivity index (χ4n) is 3.71. The van der Waals surface area contributed by atoms with Crippen molar-refractivity contribution in [1.82, 2.24) is 14.5 Å². The molecule has 1 aliphatic heterocycles. The van der Waals surface area contributed by atoms with Crippen molar-refractivity contribution in [3.8, 4) is 0 Å². The molecule has 1 aliphatic rings. The van der Waals surface area contributed by atoms with Gasteiger partial charge < -0.3 is 0 Å². The summed E-state index contributed by atoms with van der Waals surface area (Å²) in [5.74, 6) is -0.192. The summed E-state index contributed by atoms with van der Waals surface area (Å²) in [5.41, 5.74) is 1.39. The molecule has 3 aromatic rings. The van der Waals surface area contributed by atoms with Crippen LogP contribution in [0.5, 0.6) is 0 Å². The summed E-state index contributed by atoms with van der Waals surface area (Å²) in [4.78, 5) is 19.2. The maximum Gasteiger partial charge on any atom is 0.261 e. The molecule has 4 nitrogen and oxygen atoms in total. The number of nitrogens with zero attached hydrogens (tertiary/aromatic N) is 3. The highest BCUT2D eigenvalue weighted by Crippen LogP contribution is 2.21. The van der Waals surface area contributed by atoms with Gasteiger partial charge in [0, 0.05) is 19.2 Å². The van der Waals surface area contributed by atoms with E-state index in [0.29, 0.717) is 23.4 Å². The molecule has 0 atom stereocenters. The van der Waals surface area contributed by atoms with E-state index in [9.17, 15) is 13.6 Å². The van der Waals surface area contributed by atoms with Crippen LogP contribution in [0.25, 0.3) is 10.9 Å². The van der Waals surface area contributed by atoms with Gasteiger partial charge in [-0.15, -0.1) is 0 Å². The molecule has 1 fully saturated rings. The Morgan fingerprint density at radius 1 is 1.00 bits per heavy atom. The van der Waals surface area contributed by atoms with Crippen molar-refractivity contribution in [3.63, 3.8) is 0 Å². The molecule has 6 heteroatoms. The second-order valence-electron chi connectivity index (χ2n) is 7.21. The first-order valence-corrected chi connectivity index (χ1v) is 9.20. The predicted octanol–water partition coefficient (Wildman–Crippen LogP) is 3.59. The maximum absolute atomic E-state index is 13.3. The minimum absolute atomic E-state index is 0.117. The van der Waals surface area contributed by atoms with E-state index in [1.54, 1.807) is 4.57 Å². The number of fused-ring (bicyclic) bond motifs is 1. The first-order valence-electron chi connectivity index (χ1n) is 9.20. The van der Waals surface area contributed by atoms with Crippen LogP contribution in [0.15, 0.2) is 53.6 Å². The third-order valence-corrected chi connectivity index (χ3v) is 5.27. The number of hydrogen-bond acceptors (Lipinski definition) is 3. The van der Waals surface area contributed by atoms with Gasteiger partial charge in [-0.2, -0.15) is 0 Å². The van der Waals surface area contributed by atoms with Crippen LogP contribution in [-0.2, 0) is 13.1 Å². The SMILES string of the molecule is O=c1c2ccc(F)cc2ncn1CC1CCN(Cc2ccc(F)cc2)CC1. The molecule has 0 saturated carbocycles. The Morgan fingerprint density at radius 3 is 2.44 bits per heavy atom. The minimum atomic E-state index is -0.388. The molecule has 0 amide bonds. The Morgan fingerprint density at radius 2 is 1.70 bits per heavy atom. The van der Waals surface area contributed by atoms with Gasteiger partial charge in [0.15, 0.2) is 0 Å². The normalized spacial score (nSPS) is 16.1. The molecule has 0 N–H and O–H groups in total. The molecule has 2 heterocycles. The summed E-state index contributed by atoms with van der Waals surface area (Å²) in [6.45, 7) is 3.34. The summed E-state index contributed by atoms with van der Waals surface area (Å²) < 4.78 is 27.9. The summed E-state index contributed by atoms with van der Waals surface area (Å²) in [6.07, 6.45) is 3.51. The average Bonchev–Trinajstić information content (AvgIpc) is 2.67. The van der Waals surface area contributed by atoms with Crippen molar-refractivity contribution >= 4 is 10.9 Å². The van der Waals surface area contributed by atoms with Gasteiger partial charge >= 0.3 is 0 Å². The number of piperidine rings is 1. The van der Waals surface area contributed by atoms with Crippen LogP contribution in [0.2, 0.25) is 0 Å². The Kier molecular flexibility index (Phi) is 4.99. The predicted molar refractivity (Wildman–Crippen MR) is 100 cm³/mol. The standard InChI is InChI=1S/C21H21F2N3O/c22-17-3-1-15(2-4-17)12-25-9-7-16(8-10-25)13-26-14-24-20-11-18(23)5-6-19(20)21(26)27/h1-6,11,14,16H,7-10,12-13H2. The molecule has 4 rings (SSSR count). The second kappa shape index (κ2) is 7.56. The van der Waals surface area contributed by atoms with Crippen LogP contribution in [0.3, 0.4) is 0 Å². The van der Waals surface area contributed by atoms with Gasteiger partial charge in [0.25, 0.3) is 5.56 Å². The van der Waals surface area contributed by atoms with E-state index >= 15 is 0 Å². The van der Waals surface area contributed by atoms with Gasteiger partial charge in [-0.3, -0.25) is 14.3 Å². The lowest BCUT2D eigenvalue weighted by atomic mass is 9.96. The molecule has 1 saturated heterocycles. The zero-order chi connectivity index (χ0) is 18.8. The number of hydrogen-bond donors (Lipinski definition) is 0. The molecule has 0 spiro atoms. The maximum atomic E-state index is 13.3. The number of rotatable bonds is 4. The summed E-state index contributed by atoms with van der Waals surface area (Å²) in [6, 6.07) is 10.7. The smallest absolute Gasteiger partial charge is 0.261 e. The Labute approximate surface area is 156 Å². The molecule has 0 unspecified atom stereocenters. The Hall–Kier alpha value is -2.60.